The Bertz CT molecular complexity index is 420. The van der Waals surface area contributed by atoms with Crippen molar-refractivity contribution in [2.24, 2.45) is 0 Å². The number of carbonyl (C=O) groups is 1. The summed E-state index contributed by atoms with van der Waals surface area (Å²) in [6.45, 7) is 2.47. The molecule has 1 rings (SSSR count). The van der Waals surface area contributed by atoms with E-state index < -0.39 is 0 Å². The zero-order valence-electron chi connectivity index (χ0n) is 11.9. The number of ether oxygens (including phenoxy) is 3. The summed E-state index contributed by atoms with van der Waals surface area (Å²) in [6, 6.07) is 5.19. The molecule has 1 N–H and O–H groups in total. The van der Waals surface area contributed by atoms with Crippen molar-refractivity contribution < 1.29 is 19.0 Å². The molecule has 1 amide bonds. The van der Waals surface area contributed by atoms with Crippen LogP contribution in [0.4, 0.5) is 0 Å². The van der Waals surface area contributed by atoms with Crippen molar-refractivity contribution in [2.75, 3.05) is 27.9 Å². The maximum Gasteiger partial charge on any atom is 0.255 e. The van der Waals surface area contributed by atoms with Gasteiger partial charge in [0.05, 0.1) is 32.4 Å². The average Bonchev–Trinajstić information content (AvgIpc) is 2.45. The van der Waals surface area contributed by atoms with Crippen molar-refractivity contribution in [1.29, 1.82) is 0 Å². The molecular formula is C14H21NO4. The van der Waals surface area contributed by atoms with Gasteiger partial charge in [0.1, 0.15) is 0 Å². The Hall–Kier alpha value is -1.75. The molecule has 0 radical (unpaired) electrons. The van der Waals surface area contributed by atoms with Gasteiger partial charge in [0.25, 0.3) is 5.91 Å². The van der Waals surface area contributed by atoms with Crippen LogP contribution in [0.25, 0.3) is 0 Å². The first-order valence-corrected chi connectivity index (χ1v) is 6.18. The summed E-state index contributed by atoms with van der Waals surface area (Å²) in [6.07, 6.45) is 0.797. The Morgan fingerprint density at radius 2 is 2.00 bits per heavy atom. The minimum absolute atomic E-state index is 0.0200. The summed E-state index contributed by atoms with van der Waals surface area (Å²) in [5.41, 5.74) is 0.455. The number of amides is 1. The van der Waals surface area contributed by atoms with E-state index in [4.69, 9.17) is 14.2 Å². The molecule has 0 bridgehead atoms. The second-order valence-electron chi connectivity index (χ2n) is 4.08. The number of hydrogen-bond donors (Lipinski definition) is 1. The van der Waals surface area contributed by atoms with Crippen molar-refractivity contribution in [1.82, 2.24) is 5.32 Å². The van der Waals surface area contributed by atoms with Crippen LogP contribution < -0.4 is 14.8 Å². The highest BCUT2D eigenvalue weighted by molar-refractivity contribution is 5.98. The Kier molecular flexibility index (Phi) is 6.15. The summed E-state index contributed by atoms with van der Waals surface area (Å²) in [5.74, 6) is 0.782. The van der Waals surface area contributed by atoms with Gasteiger partial charge in [-0.3, -0.25) is 4.79 Å². The average molecular weight is 267 g/mol. The fraction of sp³-hybridized carbons (Fsp3) is 0.500. The fourth-order valence-corrected chi connectivity index (χ4v) is 1.79. The second kappa shape index (κ2) is 7.63. The highest BCUT2D eigenvalue weighted by atomic mass is 16.5. The number of benzene rings is 1. The van der Waals surface area contributed by atoms with Crippen molar-refractivity contribution >= 4 is 5.91 Å². The van der Waals surface area contributed by atoms with Crippen LogP contribution in [0, 0.1) is 0 Å². The molecule has 0 aliphatic rings. The van der Waals surface area contributed by atoms with Crippen LogP contribution in [0.3, 0.4) is 0 Å². The molecule has 0 fully saturated rings. The van der Waals surface area contributed by atoms with E-state index >= 15 is 0 Å². The zero-order valence-corrected chi connectivity index (χ0v) is 11.9. The SMILES string of the molecule is CCC(COC)NC(=O)c1cccc(OC)c1OC. The molecule has 5 nitrogen and oxygen atoms in total. The lowest BCUT2D eigenvalue weighted by molar-refractivity contribution is 0.0891. The first kappa shape index (κ1) is 15.3. The summed E-state index contributed by atoms with van der Waals surface area (Å²) in [4.78, 5) is 12.2. The van der Waals surface area contributed by atoms with Crippen molar-refractivity contribution in [2.45, 2.75) is 19.4 Å². The number of hydrogen-bond acceptors (Lipinski definition) is 4. The highest BCUT2D eigenvalue weighted by Crippen LogP contribution is 2.30. The van der Waals surface area contributed by atoms with Gasteiger partial charge in [-0.2, -0.15) is 0 Å². The largest absolute Gasteiger partial charge is 0.493 e. The summed E-state index contributed by atoms with van der Waals surface area (Å²) >= 11 is 0. The van der Waals surface area contributed by atoms with E-state index in [1.807, 2.05) is 6.92 Å². The molecular weight excluding hydrogens is 246 g/mol. The first-order valence-electron chi connectivity index (χ1n) is 6.18. The van der Waals surface area contributed by atoms with Gasteiger partial charge in [-0.25, -0.2) is 0 Å². The van der Waals surface area contributed by atoms with Gasteiger partial charge < -0.3 is 19.5 Å². The van der Waals surface area contributed by atoms with Gasteiger partial charge >= 0.3 is 0 Å². The lowest BCUT2D eigenvalue weighted by Crippen LogP contribution is -2.37. The van der Waals surface area contributed by atoms with Gasteiger partial charge in [0, 0.05) is 7.11 Å². The molecule has 19 heavy (non-hydrogen) atoms. The van der Waals surface area contributed by atoms with Crippen LogP contribution in [0.1, 0.15) is 23.7 Å². The molecule has 0 aromatic heterocycles. The van der Waals surface area contributed by atoms with E-state index in [-0.39, 0.29) is 11.9 Å². The van der Waals surface area contributed by atoms with Crippen molar-refractivity contribution in [3.8, 4) is 11.5 Å². The third kappa shape index (κ3) is 3.86. The minimum Gasteiger partial charge on any atom is -0.493 e. The molecule has 1 aromatic rings. The molecule has 0 saturated heterocycles. The minimum atomic E-state index is -0.195. The van der Waals surface area contributed by atoms with Crippen LogP contribution in [0.5, 0.6) is 11.5 Å². The van der Waals surface area contributed by atoms with E-state index in [9.17, 15) is 4.79 Å². The monoisotopic (exact) mass is 267 g/mol. The third-order valence-electron chi connectivity index (χ3n) is 2.84. The number of para-hydroxylation sites is 1. The van der Waals surface area contributed by atoms with Crippen LogP contribution in [0.15, 0.2) is 18.2 Å². The number of carbonyl (C=O) groups excluding carboxylic acids is 1. The molecule has 106 valence electrons. The Morgan fingerprint density at radius 3 is 2.53 bits per heavy atom. The van der Waals surface area contributed by atoms with Crippen molar-refractivity contribution in [3.63, 3.8) is 0 Å². The molecule has 1 unspecified atom stereocenters. The van der Waals surface area contributed by atoms with E-state index in [1.54, 1.807) is 32.4 Å². The Labute approximate surface area is 113 Å². The number of nitrogens with one attached hydrogen (secondary N) is 1. The summed E-state index contributed by atoms with van der Waals surface area (Å²) < 4.78 is 15.5. The lowest BCUT2D eigenvalue weighted by Gasteiger charge is -2.17. The normalized spacial score (nSPS) is 11.8. The molecule has 1 atom stereocenters. The summed E-state index contributed by atoms with van der Waals surface area (Å²) in [5, 5.41) is 2.91. The van der Waals surface area contributed by atoms with Crippen LogP contribution in [-0.2, 0) is 4.74 Å². The lowest BCUT2D eigenvalue weighted by atomic mass is 10.1. The predicted octanol–water partition coefficient (Wildman–Crippen LogP) is 1.86. The van der Waals surface area contributed by atoms with Crippen molar-refractivity contribution in [3.05, 3.63) is 23.8 Å². The van der Waals surface area contributed by atoms with Gasteiger partial charge in [-0.05, 0) is 18.6 Å². The molecule has 0 saturated carbocycles. The maximum atomic E-state index is 12.2. The Balaban J connectivity index is 2.92. The molecule has 5 heteroatoms. The van der Waals surface area contributed by atoms with E-state index in [0.29, 0.717) is 23.7 Å². The smallest absolute Gasteiger partial charge is 0.255 e. The molecule has 0 aliphatic heterocycles. The van der Waals surface area contributed by atoms with Gasteiger partial charge in [-0.1, -0.05) is 13.0 Å². The molecule has 0 spiro atoms. The standard InChI is InChI=1S/C14H21NO4/c1-5-10(9-17-2)15-14(16)11-7-6-8-12(18-3)13(11)19-4/h6-8,10H,5,9H2,1-4H3,(H,15,16). The topological polar surface area (TPSA) is 56.8 Å². The zero-order chi connectivity index (χ0) is 14.3. The van der Waals surface area contributed by atoms with E-state index in [0.717, 1.165) is 6.42 Å². The number of methoxy groups -OCH3 is 3. The highest BCUT2D eigenvalue weighted by Gasteiger charge is 2.18. The summed E-state index contributed by atoms with van der Waals surface area (Å²) in [7, 11) is 4.67. The quantitative estimate of drug-likeness (QED) is 0.819. The fourth-order valence-electron chi connectivity index (χ4n) is 1.79. The first-order chi connectivity index (χ1) is 9.17. The third-order valence-corrected chi connectivity index (χ3v) is 2.84. The van der Waals surface area contributed by atoms with Crippen LogP contribution >= 0.6 is 0 Å². The predicted molar refractivity (Wildman–Crippen MR) is 73.0 cm³/mol. The molecule has 1 aromatic carbocycles. The number of rotatable bonds is 7. The maximum absolute atomic E-state index is 12.2. The second-order valence-corrected chi connectivity index (χ2v) is 4.08. The van der Waals surface area contributed by atoms with Gasteiger partial charge in [0.2, 0.25) is 0 Å². The van der Waals surface area contributed by atoms with E-state index in [1.165, 1.54) is 7.11 Å². The molecule has 0 heterocycles. The van der Waals surface area contributed by atoms with Gasteiger partial charge in [0.15, 0.2) is 11.5 Å². The Morgan fingerprint density at radius 1 is 1.26 bits per heavy atom. The van der Waals surface area contributed by atoms with E-state index in [2.05, 4.69) is 5.32 Å². The van der Waals surface area contributed by atoms with Crippen LogP contribution in [-0.4, -0.2) is 39.9 Å². The van der Waals surface area contributed by atoms with Gasteiger partial charge in [-0.15, -0.1) is 0 Å². The molecule has 0 aliphatic carbocycles. The van der Waals surface area contributed by atoms with Crippen LogP contribution in [0.2, 0.25) is 0 Å².